The minimum absolute atomic E-state index is 0.0679. The van der Waals surface area contributed by atoms with E-state index in [1.54, 1.807) is 18.2 Å². The number of benzene rings is 2. The molecule has 1 heterocycles. The van der Waals surface area contributed by atoms with Crippen LogP contribution in [-0.4, -0.2) is 4.98 Å². The number of para-hydroxylation sites is 1. The van der Waals surface area contributed by atoms with Crippen LogP contribution in [0.4, 0.5) is 14.5 Å². The fourth-order valence-corrected chi connectivity index (χ4v) is 1.81. The highest BCUT2D eigenvalue weighted by Crippen LogP contribution is 2.23. The summed E-state index contributed by atoms with van der Waals surface area (Å²) in [7, 11) is 0. The van der Waals surface area contributed by atoms with E-state index in [0.29, 0.717) is 16.8 Å². The second-order valence-electron chi connectivity index (χ2n) is 4.17. The van der Waals surface area contributed by atoms with E-state index in [1.807, 2.05) is 0 Å². The van der Waals surface area contributed by atoms with Gasteiger partial charge in [0.25, 0.3) is 0 Å². The van der Waals surface area contributed by atoms with Crippen LogP contribution in [0.1, 0.15) is 5.89 Å². The van der Waals surface area contributed by atoms with Crippen molar-refractivity contribution in [3.8, 4) is 5.75 Å². The Balaban J connectivity index is 1.81. The van der Waals surface area contributed by atoms with Crippen LogP contribution in [0, 0.1) is 11.6 Å². The van der Waals surface area contributed by atoms with Crippen molar-refractivity contribution in [1.82, 2.24) is 4.98 Å². The molecular weight excluding hydrogens is 266 g/mol. The van der Waals surface area contributed by atoms with Crippen LogP contribution in [0.2, 0.25) is 0 Å². The smallest absolute Gasteiger partial charge is 0.233 e. The van der Waals surface area contributed by atoms with Gasteiger partial charge in [-0.2, -0.15) is 0 Å². The molecule has 0 fully saturated rings. The van der Waals surface area contributed by atoms with E-state index in [1.165, 1.54) is 6.07 Å². The zero-order chi connectivity index (χ0) is 14.1. The molecule has 3 aromatic rings. The van der Waals surface area contributed by atoms with Gasteiger partial charge in [0.1, 0.15) is 11.3 Å². The molecule has 1 aromatic heterocycles. The molecule has 0 aliphatic rings. The lowest BCUT2D eigenvalue weighted by Gasteiger charge is -2.04. The van der Waals surface area contributed by atoms with Gasteiger partial charge in [-0.1, -0.05) is 6.07 Å². The molecular formula is C14H10F2N2O2. The van der Waals surface area contributed by atoms with Crippen LogP contribution >= 0.6 is 0 Å². The van der Waals surface area contributed by atoms with Crippen molar-refractivity contribution in [2.24, 2.45) is 0 Å². The topological polar surface area (TPSA) is 61.3 Å². The van der Waals surface area contributed by atoms with E-state index < -0.39 is 11.6 Å². The summed E-state index contributed by atoms with van der Waals surface area (Å²) < 4.78 is 36.8. The van der Waals surface area contributed by atoms with Gasteiger partial charge in [-0.25, -0.2) is 13.8 Å². The number of halogens is 2. The molecule has 102 valence electrons. The third kappa shape index (κ3) is 2.27. The molecule has 0 atom stereocenters. The molecule has 0 aliphatic carbocycles. The Morgan fingerprint density at radius 3 is 2.80 bits per heavy atom. The summed E-state index contributed by atoms with van der Waals surface area (Å²) in [4.78, 5) is 4.16. The third-order valence-electron chi connectivity index (χ3n) is 2.74. The Labute approximate surface area is 112 Å². The van der Waals surface area contributed by atoms with E-state index in [4.69, 9.17) is 14.9 Å². The quantitative estimate of drug-likeness (QED) is 0.746. The molecule has 0 saturated carbocycles. The highest BCUT2D eigenvalue weighted by molar-refractivity contribution is 5.85. The Bertz CT molecular complexity index is 771. The number of aromatic nitrogens is 1. The summed E-state index contributed by atoms with van der Waals surface area (Å²) in [5.41, 5.74) is 7.31. The fourth-order valence-electron chi connectivity index (χ4n) is 1.81. The summed E-state index contributed by atoms with van der Waals surface area (Å²) in [6.07, 6.45) is 0. The van der Waals surface area contributed by atoms with Gasteiger partial charge < -0.3 is 14.9 Å². The number of anilines is 1. The molecule has 6 heteroatoms. The molecule has 20 heavy (non-hydrogen) atoms. The highest BCUT2D eigenvalue weighted by atomic mass is 19.1. The second kappa shape index (κ2) is 4.80. The maximum Gasteiger partial charge on any atom is 0.233 e. The van der Waals surface area contributed by atoms with Crippen LogP contribution in [-0.2, 0) is 6.61 Å². The number of rotatable bonds is 3. The molecule has 3 rings (SSSR count). The van der Waals surface area contributed by atoms with Crippen LogP contribution in [0.5, 0.6) is 5.75 Å². The van der Waals surface area contributed by atoms with Crippen LogP contribution in [0.25, 0.3) is 11.1 Å². The van der Waals surface area contributed by atoms with Crippen LogP contribution in [0.15, 0.2) is 40.8 Å². The SMILES string of the molecule is Nc1cccc2oc(COc3ccc(F)cc3F)nc12. The van der Waals surface area contributed by atoms with Gasteiger partial charge in [0, 0.05) is 6.07 Å². The number of hydrogen-bond acceptors (Lipinski definition) is 4. The zero-order valence-electron chi connectivity index (χ0n) is 10.3. The van der Waals surface area contributed by atoms with E-state index in [2.05, 4.69) is 4.98 Å². The first-order valence-electron chi connectivity index (χ1n) is 5.85. The lowest BCUT2D eigenvalue weighted by atomic mass is 10.3. The highest BCUT2D eigenvalue weighted by Gasteiger charge is 2.10. The third-order valence-corrected chi connectivity index (χ3v) is 2.74. The van der Waals surface area contributed by atoms with Crippen LogP contribution in [0.3, 0.4) is 0 Å². The lowest BCUT2D eigenvalue weighted by molar-refractivity contribution is 0.255. The molecule has 4 nitrogen and oxygen atoms in total. The van der Waals surface area contributed by atoms with Gasteiger partial charge in [0.05, 0.1) is 5.69 Å². The van der Waals surface area contributed by atoms with Crippen molar-refractivity contribution < 1.29 is 17.9 Å². The Morgan fingerprint density at radius 2 is 2.05 bits per heavy atom. The van der Waals surface area contributed by atoms with E-state index in [9.17, 15) is 8.78 Å². The number of fused-ring (bicyclic) bond motifs is 1. The van der Waals surface area contributed by atoms with Gasteiger partial charge in [-0.05, 0) is 24.3 Å². The van der Waals surface area contributed by atoms with Crippen molar-refractivity contribution in [3.05, 3.63) is 53.9 Å². The molecule has 0 unspecified atom stereocenters. The minimum Gasteiger partial charge on any atom is -0.481 e. The van der Waals surface area contributed by atoms with Gasteiger partial charge in [-0.15, -0.1) is 0 Å². The van der Waals surface area contributed by atoms with Crippen molar-refractivity contribution in [3.63, 3.8) is 0 Å². The Kier molecular flexibility index (Phi) is 2.98. The Morgan fingerprint density at radius 1 is 1.20 bits per heavy atom. The lowest BCUT2D eigenvalue weighted by Crippen LogP contribution is -1.98. The number of nitrogens with two attached hydrogens (primary N) is 1. The molecule has 0 radical (unpaired) electrons. The summed E-state index contributed by atoms with van der Waals surface area (Å²) >= 11 is 0. The predicted octanol–water partition coefficient (Wildman–Crippen LogP) is 3.27. The maximum absolute atomic E-state index is 13.4. The first kappa shape index (κ1) is 12.4. The molecule has 0 saturated heterocycles. The van der Waals surface area contributed by atoms with Crippen molar-refractivity contribution in [2.45, 2.75) is 6.61 Å². The zero-order valence-corrected chi connectivity index (χ0v) is 10.3. The summed E-state index contributed by atoms with van der Waals surface area (Å²) in [6, 6.07) is 8.24. The molecule has 0 spiro atoms. The average molecular weight is 276 g/mol. The number of hydrogen-bond donors (Lipinski definition) is 1. The van der Waals surface area contributed by atoms with E-state index in [0.717, 1.165) is 12.1 Å². The monoisotopic (exact) mass is 276 g/mol. The average Bonchev–Trinajstić information content (AvgIpc) is 2.82. The number of nitrogen functional groups attached to an aromatic ring is 1. The van der Waals surface area contributed by atoms with E-state index in [-0.39, 0.29) is 18.2 Å². The molecule has 2 aromatic carbocycles. The van der Waals surface area contributed by atoms with Crippen LogP contribution < -0.4 is 10.5 Å². The van der Waals surface area contributed by atoms with Gasteiger partial charge >= 0.3 is 0 Å². The molecule has 0 amide bonds. The summed E-state index contributed by atoms with van der Waals surface area (Å²) in [5, 5.41) is 0. The predicted molar refractivity (Wildman–Crippen MR) is 69.1 cm³/mol. The van der Waals surface area contributed by atoms with Gasteiger partial charge in [0.15, 0.2) is 23.8 Å². The molecule has 0 bridgehead atoms. The van der Waals surface area contributed by atoms with Crippen molar-refractivity contribution >= 4 is 16.8 Å². The largest absolute Gasteiger partial charge is 0.481 e. The minimum atomic E-state index is -0.777. The molecule has 2 N–H and O–H groups in total. The number of oxazole rings is 1. The fraction of sp³-hybridized carbons (Fsp3) is 0.0714. The summed E-state index contributed by atoms with van der Waals surface area (Å²) in [5.74, 6) is -1.24. The van der Waals surface area contributed by atoms with Crippen molar-refractivity contribution in [2.75, 3.05) is 5.73 Å². The first-order chi connectivity index (χ1) is 9.63. The number of nitrogens with zero attached hydrogens (tertiary/aromatic N) is 1. The first-order valence-corrected chi connectivity index (χ1v) is 5.85. The van der Waals surface area contributed by atoms with Gasteiger partial charge in [-0.3, -0.25) is 0 Å². The van der Waals surface area contributed by atoms with Crippen molar-refractivity contribution in [1.29, 1.82) is 0 Å². The Hall–Kier alpha value is -2.63. The van der Waals surface area contributed by atoms with Gasteiger partial charge in [0.2, 0.25) is 5.89 Å². The maximum atomic E-state index is 13.4. The summed E-state index contributed by atoms with van der Waals surface area (Å²) in [6.45, 7) is -0.0727. The van der Waals surface area contributed by atoms with E-state index >= 15 is 0 Å². The standard InChI is InChI=1S/C14H10F2N2O2/c15-8-4-5-11(9(16)6-8)19-7-13-18-14-10(17)2-1-3-12(14)20-13/h1-6H,7,17H2. The second-order valence-corrected chi connectivity index (χ2v) is 4.17. The molecule has 0 aliphatic heterocycles. The normalized spacial score (nSPS) is 10.9. The number of ether oxygens (including phenoxy) is 1.